The number of pyridine rings is 1. The van der Waals surface area contributed by atoms with Gasteiger partial charge in [-0.1, -0.05) is 19.1 Å². The maximum absolute atomic E-state index is 13.1. The van der Waals surface area contributed by atoms with Gasteiger partial charge in [0.1, 0.15) is 18.1 Å². The zero-order chi connectivity index (χ0) is 24.4. The second-order valence-electron chi connectivity index (χ2n) is 8.79. The highest BCUT2D eigenvalue weighted by Crippen LogP contribution is 2.28. The number of nitrogens with zero attached hydrogens (tertiary/aromatic N) is 5. The molecule has 0 amide bonds. The third-order valence-corrected chi connectivity index (χ3v) is 6.40. The first-order valence-electron chi connectivity index (χ1n) is 11.7. The number of rotatable bonds is 9. The van der Waals surface area contributed by atoms with Crippen molar-refractivity contribution in [2.24, 2.45) is 0 Å². The predicted octanol–water partition coefficient (Wildman–Crippen LogP) is 4.52. The van der Waals surface area contributed by atoms with Crippen LogP contribution in [0.15, 0.2) is 68.6 Å². The second kappa shape index (κ2) is 9.71. The molecule has 0 aliphatic carbocycles. The van der Waals surface area contributed by atoms with E-state index in [4.69, 9.17) is 8.83 Å². The summed E-state index contributed by atoms with van der Waals surface area (Å²) >= 11 is 0. The van der Waals surface area contributed by atoms with Crippen LogP contribution >= 0.6 is 0 Å². The molecule has 0 fully saturated rings. The molecule has 5 rings (SSSR count). The van der Waals surface area contributed by atoms with E-state index in [2.05, 4.69) is 45.3 Å². The number of H-pyrrole nitrogens is 1. The van der Waals surface area contributed by atoms with E-state index in [0.717, 1.165) is 40.0 Å². The summed E-state index contributed by atoms with van der Waals surface area (Å²) in [4.78, 5) is 18.4. The van der Waals surface area contributed by atoms with E-state index in [-0.39, 0.29) is 11.6 Å². The minimum Gasteiger partial charge on any atom is -0.468 e. The van der Waals surface area contributed by atoms with E-state index in [9.17, 15) is 4.79 Å². The van der Waals surface area contributed by atoms with Crippen molar-refractivity contribution in [1.29, 1.82) is 0 Å². The number of nitrogens with one attached hydrogen (secondary N) is 1. The average molecular weight is 473 g/mol. The first-order chi connectivity index (χ1) is 17.0. The van der Waals surface area contributed by atoms with E-state index in [1.165, 1.54) is 0 Å². The van der Waals surface area contributed by atoms with Crippen molar-refractivity contribution >= 4 is 10.9 Å². The summed E-state index contributed by atoms with van der Waals surface area (Å²) in [6, 6.07) is 13.5. The van der Waals surface area contributed by atoms with Crippen molar-refractivity contribution < 1.29 is 8.83 Å². The molecule has 5 aromatic rings. The van der Waals surface area contributed by atoms with E-state index in [1.54, 1.807) is 17.2 Å². The number of aromatic amines is 1. The van der Waals surface area contributed by atoms with Gasteiger partial charge in [0.25, 0.3) is 5.56 Å². The quantitative estimate of drug-likeness (QED) is 0.336. The molecule has 1 N–H and O–H groups in total. The van der Waals surface area contributed by atoms with Gasteiger partial charge in [0.2, 0.25) is 0 Å². The molecule has 9 heteroatoms. The number of hydrogen-bond acceptors (Lipinski definition) is 7. The van der Waals surface area contributed by atoms with Crippen LogP contribution in [-0.2, 0) is 19.6 Å². The highest BCUT2D eigenvalue weighted by molar-refractivity contribution is 5.85. The van der Waals surface area contributed by atoms with Gasteiger partial charge in [0.15, 0.2) is 5.82 Å². The minimum atomic E-state index is -0.154. The minimum absolute atomic E-state index is 0.0966. The Morgan fingerprint density at radius 2 is 1.77 bits per heavy atom. The van der Waals surface area contributed by atoms with Gasteiger partial charge >= 0.3 is 0 Å². The van der Waals surface area contributed by atoms with Crippen LogP contribution in [0.3, 0.4) is 0 Å². The normalized spacial score (nSPS) is 12.6. The van der Waals surface area contributed by atoms with Crippen LogP contribution in [0.2, 0.25) is 0 Å². The van der Waals surface area contributed by atoms with Crippen molar-refractivity contribution in [3.8, 4) is 0 Å². The van der Waals surface area contributed by atoms with Gasteiger partial charge in [0, 0.05) is 17.5 Å². The third-order valence-electron chi connectivity index (χ3n) is 6.40. The molecular weight excluding hydrogens is 444 g/mol. The number of fused-ring (bicyclic) bond motifs is 1. The van der Waals surface area contributed by atoms with Gasteiger partial charge in [-0.25, -0.2) is 4.68 Å². The summed E-state index contributed by atoms with van der Waals surface area (Å²) in [6.07, 6.45) is 4.03. The van der Waals surface area contributed by atoms with Crippen molar-refractivity contribution in [2.75, 3.05) is 0 Å². The fourth-order valence-electron chi connectivity index (χ4n) is 4.55. The fourth-order valence-corrected chi connectivity index (χ4v) is 4.55. The molecule has 0 saturated heterocycles. The Hall–Kier alpha value is -3.98. The van der Waals surface area contributed by atoms with E-state index < -0.39 is 0 Å². The summed E-state index contributed by atoms with van der Waals surface area (Å²) in [5, 5.41) is 13.6. The zero-order valence-corrected chi connectivity index (χ0v) is 20.1. The average Bonchev–Trinajstić information content (AvgIpc) is 3.63. The van der Waals surface area contributed by atoms with Crippen molar-refractivity contribution in [3.63, 3.8) is 0 Å². The molecule has 0 bridgehead atoms. The molecule has 35 heavy (non-hydrogen) atoms. The Bertz CT molecular complexity index is 1470. The van der Waals surface area contributed by atoms with Gasteiger partial charge in [-0.2, -0.15) is 0 Å². The van der Waals surface area contributed by atoms with Gasteiger partial charge < -0.3 is 13.8 Å². The SMILES string of the molecule is CC[C@H](c1nnnn1Cc1ccco1)N(Cc1ccco1)Cc1cc2c(C)ccc(C)c2[nH]c1=O. The summed E-state index contributed by atoms with van der Waals surface area (Å²) < 4.78 is 12.9. The maximum Gasteiger partial charge on any atom is 0.252 e. The van der Waals surface area contributed by atoms with Crippen LogP contribution in [0.25, 0.3) is 10.9 Å². The highest BCUT2D eigenvalue weighted by Gasteiger charge is 2.27. The molecule has 4 heterocycles. The highest BCUT2D eigenvalue weighted by atomic mass is 16.3. The van der Waals surface area contributed by atoms with E-state index in [1.807, 2.05) is 43.3 Å². The molecule has 0 saturated carbocycles. The van der Waals surface area contributed by atoms with Crippen LogP contribution in [0.1, 0.15) is 53.4 Å². The number of aromatic nitrogens is 5. The Morgan fingerprint density at radius 3 is 2.49 bits per heavy atom. The lowest BCUT2D eigenvalue weighted by Crippen LogP contribution is -2.32. The van der Waals surface area contributed by atoms with Crippen LogP contribution in [-0.4, -0.2) is 30.1 Å². The Labute approximate surface area is 202 Å². The molecule has 180 valence electrons. The molecule has 9 nitrogen and oxygen atoms in total. The van der Waals surface area contributed by atoms with Crippen molar-refractivity contribution in [1.82, 2.24) is 30.1 Å². The van der Waals surface area contributed by atoms with Gasteiger partial charge in [0.05, 0.1) is 30.6 Å². The molecule has 0 spiro atoms. The van der Waals surface area contributed by atoms with E-state index >= 15 is 0 Å². The summed E-state index contributed by atoms with van der Waals surface area (Å²) in [6.45, 7) is 7.49. The first kappa shape index (κ1) is 22.8. The number of tetrazole rings is 1. The summed E-state index contributed by atoms with van der Waals surface area (Å²) in [5.41, 5.74) is 3.63. The van der Waals surface area contributed by atoms with Gasteiger partial charge in [-0.05, 0) is 72.2 Å². The standard InChI is InChI=1S/C26H28N6O3/c1-4-23(25-28-29-30-32(25)16-21-8-6-12-35-21)31(15-20-7-5-11-34-20)14-19-13-22-17(2)9-10-18(3)24(22)27-26(19)33/h5-13,23H,4,14-16H2,1-3H3,(H,27,33)/t23-/m1/s1. The smallest absolute Gasteiger partial charge is 0.252 e. The lowest BCUT2D eigenvalue weighted by atomic mass is 10.0. The van der Waals surface area contributed by atoms with Crippen LogP contribution < -0.4 is 5.56 Å². The number of benzene rings is 1. The molecule has 1 aromatic carbocycles. The van der Waals surface area contributed by atoms with Gasteiger partial charge in [-0.3, -0.25) is 9.69 Å². The number of furan rings is 2. The summed E-state index contributed by atoms with van der Waals surface area (Å²) in [5.74, 6) is 2.28. The van der Waals surface area contributed by atoms with Crippen LogP contribution in [0.5, 0.6) is 0 Å². The molecule has 0 unspecified atom stereocenters. The topological polar surface area (TPSA) is 106 Å². The van der Waals surface area contributed by atoms with Crippen molar-refractivity contribution in [3.05, 3.63) is 99.4 Å². The monoisotopic (exact) mass is 472 g/mol. The Morgan fingerprint density at radius 1 is 1.03 bits per heavy atom. The molecular formula is C26H28N6O3. The molecule has 0 aliphatic rings. The van der Waals surface area contributed by atoms with Crippen LogP contribution in [0.4, 0.5) is 0 Å². The Kier molecular flexibility index (Phi) is 6.33. The summed E-state index contributed by atoms with van der Waals surface area (Å²) in [7, 11) is 0. The third kappa shape index (κ3) is 4.67. The van der Waals surface area contributed by atoms with Gasteiger partial charge in [-0.15, -0.1) is 5.10 Å². The van der Waals surface area contributed by atoms with Crippen LogP contribution in [0, 0.1) is 13.8 Å². The molecule has 0 aliphatic heterocycles. The van der Waals surface area contributed by atoms with E-state index in [0.29, 0.717) is 31.0 Å². The molecule has 4 aromatic heterocycles. The maximum atomic E-state index is 13.1. The lowest BCUT2D eigenvalue weighted by molar-refractivity contribution is 0.149. The molecule has 0 radical (unpaired) electrons. The largest absolute Gasteiger partial charge is 0.468 e. The number of hydrogen-bond donors (Lipinski definition) is 1. The zero-order valence-electron chi connectivity index (χ0n) is 20.1. The number of aryl methyl sites for hydroxylation is 2. The second-order valence-corrected chi connectivity index (χ2v) is 8.79. The predicted molar refractivity (Wildman–Crippen MR) is 131 cm³/mol. The lowest BCUT2D eigenvalue weighted by Gasteiger charge is -2.29. The molecule has 1 atom stereocenters. The first-order valence-corrected chi connectivity index (χ1v) is 11.7. The van der Waals surface area contributed by atoms with Crippen molar-refractivity contribution in [2.45, 2.75) is 52.9 Å². The fraction of sp³-hybridized carbons (Fsp3) is 0.308. The Balaban J connectivity index is 1.53.